The van der Waals surface area contributed by atoms with Gasteiger partial charge in [0, 0.05) is 19.0 Å². The first kappa shape index (κ1) is 16.1. The summed E-state index contributed by atoms with van der Waals surface area (Å²) in [4.78, 5) is 0. The van der Waals surface area contributed by atoms with Crippen LogP contribution in [0.15, 0.2) is 48.5 Å². The van der Waals surface area contributed by atoms with E-state index in [-0.39, 0.29) is 23.5 Å². The molecule has 1 N–H and O–H groups in total. The predicted molar refractivity (Wildman–Crippen MR) is 84.8 cm³/mol. The molecule has 0 bridgehead atoms. The molecule has 0 aromatic heterocycles. The minimum Gasteiger partial charge on any atom is -0.485 e. The molecule has 1 saturated heterocycles. The molecule has 112 valence electrons. The van der Waals surface area contributed by atoms with Gasteiger partial charge >= 0.3 is 0 Å². The van der Waals surface area contributed by atoms with Crippen LogP contribution in [-0.4, -0.2) is 13.1 Å². The Morgan fingerprint density at radius 2 is 1.86 bits per heavy atom. The summed E-state index contributed by atoms with van der Waals surface area (Å²) in [5.74, 6) is 0.730. The standard InChI is InChI=1S/C16H15ClFNO.ClH/c17-14-7-6-11(8-15(14)18)16(12-9-19-10-12)20-13-4-2-1-3-5-13;/h1-8,12,16,19H,9-10H2;1H. The van der Waals surface area contributed by atoms with Crippen molar-refractivity contribution < 1.29 is 9.13 Å². The third-order valence-corrected chi connectivity index (χ3v) is 3.83. The fourth-order valence-electron chi connectivity index (χ4n) is 2.30. The van der Waals surface area contributed by atoms with Gasteiger partial charge in [-0.3, -0.25) is 0 Å². The molecular formula is C16H16Cl2FNO. The number of nitrogens with one attached hydrogen (secondary N) is 1. The maximum atomic E-state index is 13.7. The van der Waals surface area contributed by atoms with E-state index < -0.39 is 5.82 Å². The van der Waals surface area contributed by atoms with E-state index in [0.717, 1.165) is 24.4 Å². The maximum Gasteiger partial charge on any atom is 0.142 e. The molecule has 0 saturated carbocycles. The second-order valence-corrected chi connectivity index (χ2v) is 5.35. The largest absolute Gasteiger partial charge is 0.485 e. The molecule has 1 atom stereocenters. The van der Waals surface area contributed by atoms with Crippen LogP contribution in [0.2, 0.25) is 5.02 Å². The second-order valence-electron chi connectivity index (χ2n) is 4.94. The molecule has 1 aliphatic heterocycles. The molecule has 1 heterocycles. The Balaban J connectivity index is 0.00000161. The van der Waals surface area contributed by atoms with Gasteiger partial charge in [0.2, 0.25) is 0 Å². The Morgan fingerprint density at radius 1 is 1.14 bits per heavy atom. The smallest absolute Gasteiger partial charge is 0.142 e. The lowest BCUT2D eigenvalue weighted by atomic mass is 9.90. The lowest BCUT2D eigenvalue weighted by molar-refractivity contribution is 0.0990. The van der Waals surface area contributed by atoms with Crippen molar-refractivity contribution in [1.29, 1.82) is 0 Å². The first-order valence-corrected chi connectivity index (χ1v) is 6.99. The number of ether oxygens (including phenoxy) is 1. The summed E-state index contributed by atoms with van der Waals surface area (Å²) >= 11 is 5.74. The molecule has 0 amide bonds. The SMILES string of the molecule is Cl.Fc1cc(C(Oc2ccccc2)C2CNC2)ccc1Cl. The highest BCUT2D eigenvalue weighted by Gasteiger charge is 2.30. The Labute approximate surface area is 134 Å². The van der Waals surface area contributed by atoms with Crippen molar-refractivity contribution >= 4 is 24.0 Å². The van der Waals surface area contributed by atoms with E-state index in [0.29, 0.717) is 5.92 Å². The van der Waals surface area contributed by atoms with Gasteiger partial charge in [-0.15, -0.1) is 12.4 Å². The van der Waals surface area contributed by atoms with E-state index in [2.05, 4.69) is 5.32 Å². The molecule has 0 aliphatic carbocycles. The molecule has 2 aromatic carbocycles. The summed E-state index contributed by atoms with van der Waals surface area (Å²) in [5.41, 5.74) is 0.822. The van der Waals surface area contributed by atoms with Crippen LogP contribution in [0.3, 0.4) is 0 Å². The van der Waals surface area contributed by atoms with Gasteiger partial charge in [-0.1, -0.05) is 35.9 Å². The molecule has 1 unspecified atom stereocenters. The van der Waals surface area contributed by atoms with Crippen LogP contribution in [0, 0.1) is 11.7 Å². The number of halogens is 3. The first-order valence-electron chi connectivity index (χ1n) is 6.61. The summed E-state index contributed by atoms with van der Waals surface area (Å²) in [6, 6.07) is 14.5. The van der Waals surface area contributed by atoms with Crippen molar-refractivity contribution in [3.05, 3.63) is 64.9 Å². The fourth-order valence-corrected chi connectivity index (χ4v) is 2.41. The first-order chi connectivity index (χ1) is 9.74. The minimum absolute atomic E-state index is 0. The summed E-state index contributed by atoms with van der Waals surface area (Å²) in [5, 5.41) is 3.36. The van der Waals surface area contributed by atoms with E-state index in [9.17, 15) is 4.39 Å². The van der Waals surface area contributed by atoms with Crippen LogP contribution in [0.1, 0.15) is 11.7 Å². The number of rotatable bonds is 4. The third kappa shape index (κ3) is 3.67. The van der Waals surface area contributed by atoms with Gasteiger partial charge in [-0.25, -0.2) is 4.39 Å². The summed E-state index contributed by atoms with van der Waals surface area (Å²) in [6.07, 6.45) is -0.162. The number of para-hydroxylation sites is 1. The van der Waals surface area contributed by atoms with Gasteiger partial charge in [0.25, 0.3) is 0 Å². The van der Waals surface area contributed by atoms with Crippen LogP contribution in [0.5, 0.6) is 5.75 Å². The van der Waals surface area contributed by atoms with Crippen LogP contribution in [-0.2, 0) is 0 Å². The number of benzene rings is 2. The normalized spacial score (nSPS) is 15.7. The van der Waals surface area contributed by atoms with Crippen molar-refractivity contribution in [1.82, 2.24) is 5.32 Å². The van der Waals surface area contributed by atoms with E-state index in [1.54, 1.807) is 6.07 Å². The summed E-state index contributed by atoms with van der Waals surface area (Å²) in [6.45, 7) is 1.75. The van der Waals surface area contributed by atoms with Gasteiger partial charge in [0.1, 0.15) is 17.7 Å². The van der Waals surface area contributed by atoms with Crippen LogP contribution < -0.4 is 10.1 Å². The Morgan fingerprint density at radius 3 is 2.43 bits per heavy atom. The molecule has 0 spiro atoms. The Bertz CT molecular complexity index is 590. The quantitative estimate of drug-likeness (QED) is 0.906. The van der Waals surface area contributed by atoms with Crippen LogP contribution >= 0.6 is 24.0 Å². The number of hydrogen-bond acceptors (Lipinski definition) is 2. The zero-order chi connectivity index (χ0) is 13.9. The van der Waals surface area contributed by atoms with Crippen molar-refractivity contribution in [2.24, 2.45) is 5.92 Å². The topological polar surface area (TPSA) is 21.3 Å². The molecule has 21 heavy (non-hydrogen) atoms. The lowest BCUT2D eigenvalue weighted by Gasteiger charge is -2.35. The molecule has 0 radical (unpaired) electrons. The molecular weight excluding hydrogens is 312 g/mol. The minimum atomic E-state index is -0.405. The highest BCUT2D eigenvalue weighted by atomic mass is 35.5. The molecule has 2 aromatic rings. The van der Waals surface area contributed by atoms with E-state index in [4.69, 9.17) is 16.3 Å². The highest BCUT2D eigenvalue weighted by Crippen LogP contribution is 2.32. The number of hydrogen-bond donors (Lipinski definition) is 1. The van der Waals surface area contributed by atoms with Gasteiger partial charge in [0.15, 0.2) is 0 Å². The van der Waals surface area contributed by atoms with E-state index in [1.807, 2.05) is 36.4 Å². The monoisotopic (exact) mass is 327 g/mol. The van der Waals surface area contributed by atoms with Gasteiger partial charge < -0.3 is 10.1 Å². The zero-order valence-corrected chi connectivity index (χ0v) is 12.8. The highest BCUT2D eigenvalue weighted by molar-refractivity contribution is 6.30. The zero-order valence-electron chi connectivity index (χ0n) is 11.3. The molecule has 2 nitrogen and oxygen atoms in total. The van der Waals surface area contributed by atoms with Crippen LogP contribution in [0.25, 0.3) is 0 Å². The van der Waals surface area contributed by atoms with E-state index >= 15 is 0 Å². The lowest BCUT2D eigenvalue weighted by Crippen LogP contribution is -2.46. The van der Waals surface area contributed by atoms with Crippen molar-refractivity contribution in [3.8, 4) is 5.75 Å². The molecule has 5 heteroatoms. The van der Waals surface area contributed by atoms with Gasteiger partial charge in [-0.2, -0.15) is 0 Å². The van der Waals surface area contributed by atoms with Crippen molar-refractivity contribution in [2.45, 2.75) is 6.10 Å². The fraction of sp³-hybridized carbons (Fsp3) is 0.250. The Kier molecular flexibility index (Phi) is 5.45. The predicted octanol–water partition coefficient (Wildman–Crippen LogP) is 4.24. The Hall–Kier alpha value is -1.29. The molecule has 3 rings (SSSR count). The van der Waals surface area contributed by atoms with Crippen molar-refractivity contribution in [2.75, 3.05) is 13.1 Å². The average molecular weight is 328 g/mol. The van der Waals surface area contributed by atoms with Crippen LogP contribution in [0.4, 0.5) is 4.39 Å². The van der Waals surface area contributed by atoms with Gasteiger partial charge in [0.05, 0.1) is 5.02 Å². The molecule has 1 aliphatic rings. The average Bonchev–Trinajstić information content (AvgIpc) is 2.40. The molecule has 1 fully saturated rings. The third-order valence-electron chi connectivity index (χ3n) is 3.52. The second kappa shape index (κ2) is 7.12. The summed E-state index contributed by atoms with van der Waals surface area (Å²) in [7, 11) is 0. The maximum absolute atomic E-state index is 13.7. The van der Waals surface area contributed by atoms with Gasteiger partial charge in [-0.05, 0) is 29.8 Å². The van der Waals surface area contributed by atoms with Crippen molar-refractivity contribution in [3.63, 3.8) is 0 Å². The summed E-state index contributed by atoms with van der Waals surface area (Å²) < 4.78 is 19.7. The van der Waals surface area contributed by atoms with E-state index in [1.165, 1.54) is 6.07 Å².